The van der Waals surface area contributed by atoms with E-state index < -0.39 is 16.1 Å². The van der Waals surface area contributed by atoms with Gasteiger partial charge in [0.15, 0.2) is 0 Å². The zero-order chi connectivity index (χ0) is 26.4. The summed E-state index contributed by atoms with van der Waals surface area (Å²) in [5, 5.41) is 9.86. The summed E-state index contributed by atoms with van der Waals surface area (Å²) in [6.07, 6.45) is 3.70. The van der Waals surface area contributed by atoms with Crippen molar-refractivity contribution in [3.05, 3.63) is 95.6 Å². The number of likely N-dealkylation sites (N-methyl/N-ethyl adjacent to an activating group) is 1. The molecule has 0 unspecified atom stereocenters. The molecule has 0 fully saturated rings. The zero-order valence-electron chi connectivity index (χ0n) is 21.7. The molecule has 0 radical (unpaired) electrons. The molecular weight excluding hydrogens is 484 g/mol. The van der Waals surface area contributed by atoms with E-state index in [0.29, 0.717) is 12.3 Å². The Bertz CT molecular complexity index is 1300. The molecular formula is C30H36N2O4S. The lowest BCUT2D eigenvalue weighted by Crippen LogP contribution is -2.49. The van der Waals surface area contributed by atoms with Gasteiger partial charge in [-0.3, -0.25) is 4.90 Å². The molecule has 0 aromatic heterocycles. The molecule has 0 amide bonds. The van der Waals surface area contributed by atoms with Gasteiger partial charge in [0.2, 0.25) is 10.0 Å². The van der Waals surface area contributed by atoms with Crippen LogP contribution in [-0.4, -0.2) is 61.6 Å². The van der Waals surface area contributed by atoms with E-state index in [1.807, 2.05) is 74.7 Å². The molecule has 1 aliphatic rings. The standard InChI is InChI=1S/C30H36N2O4S/c1-23-19-32(24(2)22-33)37(34,35)30-17-16-26(15-14-25-10-6-4-7-11-25)18-28(30)36-29(23)21-31(3)20-27-12-8-5-9-13-27/h4-18,23-24,29,33H,19-22H2,1-3H3/b15-14+/t23-,24-,29+/m1/s1. The lowest BCUT2D eigenvalue weighted by molar-refractivity contribution is 0.0733. The van der Waals surface area contributed by atoms with E-state index in [2.05, 4.69) is 17.0 Å². The summed E-state index contributed by atoms with van der Waals surface area (Å²) in [4.78, 5) is 2.33. The summed E-state index contributed by atoms with van der Waals surface area (Å²) >= 11 is 0. The van der Waals surface area contributed by atoms with Crippen LogP contribution in [0, 0.1) is 5.92 Å². The first kappa shape index (κ1) is 27.1. The minimum absolute atomic E-state index is 0.0985. The second-order valence-electron chi connectivity index (χ2n) is 9.87. The van der Waals surface area contributed by atoms with Crippen LogP contribution in [0.15, 0.2) is 83.8 Å². The van der Waals surface area contributed by atoms with Crippen molar-refractivity contribution in [2.45, 2.75) is 37.4 Å². The summed E-state index contributed by atoms with van der Waals surface area (Å²) in [5.74, 6) is 0.244. The molecule has 0 saturated carbocycles. The smallest absolute Gasteiger partial charge is 0.247 e. The summed E-state index contributed by atoms with van der Waals surface area (Å²) < 4.78 is 35.3. The van der Waals surface area contributed by atoms with Crippen LogP contribution in [0.2, 0.25) is 0 Å². The molecule has 0 bridgehead atoms. The number of hydrogen-bond donors (Lipinski definition) is 1. The molecule has 1 heterocycles. The second-order valence-corrected chi connectivity index (χ2v) is 11.7. The molecule has 0 aliphatic carbocycles. The summed E-state index contributed by atoms with van der Waals surface area (Å²) in [6.45, 7) is 5.15. The lowest BCUT2D eigenvalue weighted by Gasteiger charge is -2.37. The van der Waals surface area contributed by atoms with Gasteiger partial charge < -0.3 is 9.84 Å². The third kappa shape index (κ3) is 6.67. The lowest BCUT2D eigenvalue weighted by atomic mass is 10.0. The van der Waals surface area contributed by atoms with Gasteiger partial charge in [0.1, 0.15) is 16.7 Å². The first-order valence-corrected chi connectivity index (χ1v) is 14.1. The van der Waals surface area contributed by atoms with Crippen molar-refractivity contribution in [3.63, 3.8) is 0 Å². The maximum Gasteiger partial charge on any atom is 0.247 e. The Morgan fingerprint density at radius 2 is 1.68 bits per heavy atom. The number of nitrogens with zero attached hydrogens (tertiary/aromatic N) is 2. The van der Waals surface area contributed by atoms with Crippen molar-refractivity contribution < 1.29 is 18.3 Å². The Morgan fingerprint density at radius 3 is 2.35 bits per heavy atom. The van der Waals surface area contributed by atoms with E-state index in [0.717, 1.165) is 17.7 Å². The fourth-order valence-electron chi connectivity index (χ4n) is 4.59. The van der Waals surface area contributed by atoms with Crippen LogP contribution in [0.5, 0.6) is 5.75 Å². The minimum atomic E-state index is -3.86. The quantitative estimate of drug-likeness (QED) is 0.434. The third-order valence-corrected chi connectivity index (χ3v) is 8.77. The number of sulfonamides is 1. The monoisotopic (exact) mass is 520 g/mol. The van der Waals surface area contributed by atoms with Gasteiger partial charge in [-0.1, -0.05) is 85.8 Å². The van der Waals surface area contributed by atoms with E-state index in [1.54, 1.807) is 25.1 Å². The number of aliphatic hydroxyl groups is 1. The summed E-state index contributed by atoms with van der Waals surface area (Å²) in [6, 6.07) is 24.9. The van der Waals surface area contributed by atoms with Crippen molar-refractivity contribution in [3.8, 4) is 5.75 Å². The number of aliphatic hydroxyl groups excluding tert-OH is 1. The third-order valence-electron chi connectivity index (χ3n) is 6.75. The SMILES string of the molecule is C[C@@H]1CN([C@H](C)CO)S(=O)(=O)c2ccc(/C=C/c3ccccc3)cc2O[C@H]1CN(C)Cc1ccccc1. The van der Waals surface area contributed by atoms with Crippen LogP contribution in [0.4, 0.5) is 0 Å². The molecule has 4 rings (SSSR count). The average Bonchev–Trinajstić information content (AvgIpc) is 2.90. The molecule has 3 atom stereocenters. The van der Waals surface area contributed by atoms with Crippen molar-refractivity contribution >= 4 is 22.2 Å². The average molecular weight is 521 g/mol. The fraction of sp³-hybridized carbons (Fsp3) is 0.333. The maximum absolute atomic E-state index is 13.7. The first-order valence-electron chi connectivity index (χ1n) is 12.7. The Morgan fingerprint density at radius 1 is 1.03 bits per heavy atom. The van der Waals surface area contributed by atoms with Crippen molar-refractivity contribution in [2.75, 3.05) is 26.7 Å². The fourth-order valence-corrected chi connectivity index (χ4v) is 6.41. The number of fused-ring (bicyclic) bond motifs is 1. The van der Waals surface area contributed by atoms with Crippen LogP contribution in [0.1, 0.15) is 30.5 Å². The predicted octanol–water partition coefficient (Wildman–Crippen LogP) is 4.76. The Hall–Kier alpha value is -2.97. The molecule has 3 aromatic rings. The number of benzene rings is 3. The molecule has 196 valence electrons. The molecule has 37 heavy (non-hydrogen) atoms. The summed E-state index contributed by atoms with van der Waals surface area (Å²) in [5.41, 5.74) is 3.11. The van der Waals surface area contributed by atoms with E-state index in [1.165, 1.54) is 9.87 Å². The predicted molar refractivity (Wildman–Crippen MR) is 149 cm³/mol. The first-order chi connectivity index (χ1) is 17.8. The topological polar surface area (TPSA) is 70.1 Å². The Balaban J connectivity index is 1.68. The second kappa shape index (κ2) is 12.0. The van der Waals surface area contributed by atoms with Crippen LogP contribution in [0.3, 0.4) is 0 Å². The molecule has 6 nitrogen and oxygen atoms in total. The molecule has 0 saturated heterocycles. The van der Waals surface area contributed by atoms with Crippen LogP contribution < -0.4 is 4.74 Å². The van der Waals surface area contributed by atoms with Gasteiger partial charge in [0.25, 0.3) is 0 Å². The van der Waals surface area contributed by atoms with Gasteiger partial charge in [-0.15, -0.1) is 0 Å². The normalized spacial score (nSPS) is 20.7. The largest absolute Gasteiger partial charge is 0.487 e. The van der Waals surface area contributed by atoms with Gasteiger partial charge in [0.05, 0.1) is 6.61 Å². The molecule has 7 heteroatoms. The van der Waals surface area contributed by atoms with Crippen molar-refractivity contribution in [1.82, 2.24) is 9.21 Å². The Labute approximate surface area is 220 Å². The minimum Gasteiger partial charge on any atom is -0.487 e. The number of ether oxygens (including phenoxy) is 1. The van der Waals surface area contributed by atoms with Crippen LogP contribution >= 0.6 is 0 Å². The Kier molecular flexibility index (Phi) is 8.82. The summed E-state index contributed by atoms with van der Waals surface area (Å²) in [7, 11) is -1.81. The van der Waals surface area contributed by atoms with Gasteiger partial charge in [-0.05, 0) is 42.8 Å². The van der Waals surface area contributed by atoms with Gasteiger partial charge in [0, 0.05) is 31.6 Å². The highest BCUT2D eigenvalue weighted by Gasteiger charge is 2.38. The highest BCUT2D eigenvalue weighted by Crippen LogP contribution is 2.34. The van der Waals surface area contributed by atoms with Crippen LogP contribution in [0.25, 0.3) is 12.2 Å². The van der Waals surface area contributed by atoms with E-state index in [9.17, 15) is 13.5 Å². The van der Waals surface area contributed by atoms with Crippen molar-refractivity contribution in [2.24, 2.45) is 5.92 Å². The van der Waals surface area contributed by atoms with E-state index in [-0.39, 0.29) is 30.1 Å². The maximum atomic E-state index is 13.7. The zero-order valence-corrected chi connectivity index (χ0v) is 22.5. The van der Waals surface area contributed by atoms with Gasteiger partial charge in [-0.25, -0.2) is 8.42 Å². The van der Waals surface area contributed by atoms with Crippen molar-refractivity contribution in [1.29, 1.82) is 0 Å². The number of hydrogen-bond acceptors (Lipinski definition) is 5. The van der Waals surface area contributed by atoms with Gasteiger partial charge >= 0.3 is 0 Å². The highest BCUT2D eigenvalue weighted by atomic mass is 32.2. The molecule has 1 N–H and O–H groups in total. The molecule has 0 spiro atoms. The van der Waals surface area contributed by atoms with Gasteiger partial charge in [-0.2, -0.15) is 4.31 Å². The highest BCUT2D eigenvalue weighted by molar-refractivity contribution is 7.89. The van der Waals surface area contributed by atoms with E-state index >= 15 is 0 Å². The van der Waals surface area contributed by atoms with Crippen LogP contribution in [-0.2, 0) is 16.6 Å². The molecule has 1 aliphatic heterocycles. The van der Waals surface area contributed by atoms with E-state index in [4.69, 9.17) is 4.74 Å². The number of rotatable bonds is 8. The molecule has 3 aromatic carbocycles.